The number of ether oxygens (including phenoxy) is 1. The molecule has 0 spiro atoms. The van der Waals surface area contributed by atoms with Crippen LogP contribution in [0.2, 0.25) is 0 Å². The third kappa shape index (κ3) is 5.38. The van der Waals surface area contributed by atoms with Gasteiger partial charge in [-0.05, 0) is 49.9 Å². The van der Waals surface area contributed by atoms with Crippen LogP contribution in [0.3, 0.4) is 0 Å². The highest BCUT2D eigenvalue weighted by Gasteiger charge is 2.45. The van der Waals surface area contributed by atoms with Gasteiger partial charge in [0.05, 0.1) is 29.2 Å². The van der Waals surface area contributed by atoms with Gasteiger partial charge < -0.3 is 4.74 Å². The van der Waals surface area contributed by atoms with E-state index in [-0.39, 0.29) is 48.7 Å². The van der Waals surface area contributed by atoms with Crippen molar-refractivity contribution in [1.29, 1.82) is 0 Å². The Bertz CT molecular complexity index is 1300. The van der Waals surface area contributed by atoms with Crippen molar-refractivity contribution >= 4 is 33.7 Å². The Morgan fingerprint density at radius 2 is 1.72 bits per heavy atom. The monoisotopic (exact) mass is 514 g/mol. The Labute approximate surface area is 208 Å². The number of rotatable bonds is 10. The van der Waals surface area contributed by atoms with E-state index >= 15 is 0 Å². The van der Waals surface area contributed by atoms with Crippen molar-refractivity contribution in [3.8, 4) is 0 Å². The number of amides is 4. The topological polar surface area (TPSA) is 136 Å². The zero-order chi connectivity index (χ0) is 25.9. The molecule has 4 rings (SSSR count). The predicted octanol–water partition coefficient (Wildman–Crippen LogP) is 1.75. The summed E-state index contributed by atoms with van der Waals surface area (Å²) in [5.41, 5.74) is 2.09. The van der Waals surface area contributed by atoms with Gasteiger partial charge in [0.1, 0.15) is 6.04 Å². The molecule has 1 fully saturated rings. The predicted molar refractivity (Wildman–Crippen MR) is 127 cm³/mol. The molecule has 0 radical (unpaired) electrons. The molecular formula is C25H26N2O8S. The second-order valence-electron chi connectivity index (χ2n) is 8.59. The number of carbonyl (C=O) groups excluding carboxylic acids is 4. The number of aryl methyl sites for hydroxylation is 2. The number of benzene rings is 2. The van der Waals surface area contributed by atoms with Gasteiger partial charge >= 0.3 is 0 Å². The van der Waals surface area contributed by atoms with Crippen LogP contribution in [0, 0.1) is 6.92 Å². The van der Waals surface area contributed by atoms with Crippen LogP contribution in [0.15, 0.2) is 47.4 Å². The van der Waals surface area contributed by atoms with Crippen LogP contribution in [0.1, 0.15) is 51.1 Å². The normalized spacial score (nSPS) is 17.9. The van der Waals surface area contributed by atoms with Gasteiger partial charge in [-0.25, -0.2) is 0 Å². The first-order valence-electron chi connectivity index (χ1n) is 11.6. The highest BCUT2D eigenvalue weighted by Crippen LogP contribution is 2.30. The van der Waals surface area contributed by atoms with E-state index in [4.69, 9.17) is 8.92 Å². The summed E-state index contributed by atoms with van der Waals surface area (Å²) in [4.78, 5) is 50.7. The highest BCUT2D eigenvalue weighted by molar-refractivity contribution is 7.86. The van der Waals surface area contributed by atoms with E-state index in [0.29, 0.717) is 18.4 Å². The highest BCUT2D eigenvalue weighted by atomic mass is 32.2. The maximum absolute atomic E-state index is 13.1. The minimum Gasteiger partial charge on any atom is -0.379 e. The van der Waals surface area contributed by atoms with Gasteiger partial charge in [-0.3, -0.25) is 33.6 Å². The number of hydrogen-bond acceptors (Lipinski definition) is 8. The first-order valence-corrected chi connectivity index (χ1v) is 13.0. The fraction of sp³-hybridized carbons (Fsp3) is 0.360. The van der Waals surface area contributed by atoms with Crippen molar-refractivity contribution in [1.82, 2.24) is 10.2 Å². The molecule has 1 atom stereocenters. The maximum Gasteiger partial charge on any atom is 0.297 e. The van der Waals surface area contributed by atoms with E-state index in [1.807, 2.05) is 6.92 Å². The van der Waals surface area contributed by atoms with Crippen LogP contribution in [0.5, 0.6) is 0 Å². The lowest BCUT2D eigenvalue weighted by Crippen LogP contribution is -2.54. The summed E-state index contributed by atoms with van der Waals surface area (Å²) in [6.45, 7) is 2.08. The van der Waals surface area contributed by atoms with E-state index in [1.165, 1.54) is 12.1 Å². The average Bonchev–Trinajstić information content (AvgIpc) is 3.09. The molecule has 2 aromatic carbocycles. The molecule has 0 bridgehead atoms. The molecule has 1 N–H and O–H groups in total. The Morgan fingerprint density at radius 3 is 2.44 bits per heavy atom. The number of imide groups is 2. The molecular weight excluding hydrogens is 488 g/mol. The lowest BCUT2D eigenvalue weighted by Gasteiger charge is -2.27. The summed E-state index contributed by atoms with van der Waals surface area (Å²) in [6.07, 6.45) is 1.11. The lowest BCUT2D eigenvalue weighted by atomic mass is 9.99. The second kappa shape index (κ2) is 10.7. The van der Waals surface area contributed by atoms with Crippen LogP contribution < -0.4 is 5.32 Å². The SMILES string of the molecule is Cc1ccc(S(=O)(=O)OCCOCCCc2cccc3c2C(=O)N(C2CCC(=O)NC2=O)C3=O)cc1. The van der Waals surface area contributed by atoms with Crippen molar-refractivity contribution in [2.24, 2.45) is 0 Å². The van der Waals surface area contributed by atoms with Gasteiger partial charge in [0, 0.05) is 13.0 Å². The molecule has 0 aliphatic carbocycles. The summed E-state index contributed by atoms with van der Waals surface area (Å²) >= 11 is 0. The van der Waals surface area contributed by atoms with Crippen LogP contribution in [-0.2, 0) is 35.0 Å². The number of nitrogens with one attached hydrogen (secondary N) is 1. The van der Waals surface area contributed by atoms with Crippen molar-refractivity contribution < 1.29 is 36.5 Å². The van der Waals surface area contributed by atoms with Crippen molar-refractivity contribution in [2.75, 3.05) is 19.8 Å². The largest absolute Gasteiger partial charge is 0.379 e. The molecule has 2 aromatic rings. The molecule has 2 aliphatic heterocycles. The number of nitrogens with zero attached hydrogens (tertiary/aromatic N) is 1. The van der Waals surface area contributed by atoms with Gasteiger partial charge in [0.25, 0.3) is 21.9 Å². The molecule has 2 aliphatic rings. The van der Waals surface area contributed by atoms with E-state index < -0.39 is 39.8 Å². The number of carbonyl (C=O) groups is 4. The first kappa shape index (κ1) is 25.7. The van der Waals surface area contributed by atoms with Gasteiger partial charge in [-0.15, -0.1) is 0 Å². The fourth-order valence-electron chi connectivity index (χ4n) is 4.24. The van der Waals surface area contributed by atoms with E-state index in [1.54, 1.807) is 30.3 Å². The quantitative estimate of drug-likeness (QED) is 0.288. The molecule has 36 heavy (non-hydrogen) atoms. The summed E-state index contributed by atoms with van der Waals surface area (Å²) in [5.74, 6) is -2.17. The van der Waals surface area contributed by atoms with Crippen LogP contribution in [0.4, 0.5) is 0 Å². The fourth-order valence-corrected chi connectivity index (χ4v) is 5.13. The number of piperidine rings is 1. The third-order valence-electron chi connectivity index (χ3n) is 6.07. The minimum atomic E-state index is -3.85. The zero-order valence-corrected chi connectivity index (χ0v) is 20.5. The molecule has 4 amide bonds. The standard InChI is InChI=1S/C25H26N2O8S/c1-16-7-9-18(10-8-16)36(32,33)35-15-14-34-13-3-5-17-4-2-6-19-22(17)25(31)27(24(19)30)20-11-12-21(28)26-23(20)29/h2,4,6-10,20H,3,5,11-15H2,1H3,(H,26,28,29). The van der Waals surface area contributed by atoms with Crippen molar-refractivity contribution in [3.63, 3.8) is 0 Å². The summed E-state index contributed by atoms with van der Waals surface area (Å²) in [5, 5.41) is 2.18. The van der Waals surface area contributed by atoms with Crippen LogP contribution in [0.25, 0.3) is 0 Å². The number of fused-ring (bicyclic) bond motifs is 1. The third-order valence-corrected chi connectivity index (χ3v) is 7.39. The summed E-state index contributed by atoms with van der Waals surface area (Å²) < 4.78 is 34.8. The Hall–Kier alpha value is -3.41. The van der Waals surface area contributed by atoms with Gasteiger partial charge in [0.15, 0.2) is 0 Å². The van der Waals surface area contributed by atoms with Gasteiger partial charge in [-0.1, -0.05) is 29.8 Å². The van der Waals surface area contributed by atoms with E-state index in [0.717, 1.165) is 10.5 Å². The smallest absolute Gasteiger partial charge is 0.297 e. The Morgan fingerprint density at radius 1 is 0.972 bits per heavy atom. The first-order chi connectivity index (χ1) is 17.2. The van der Waals surface area contributed by atoms with E-state index in [2.05, 4.69) is 5.32 Å². The molecule has 0 saturated carbocycles. The minimum absolute atomic E-state index is 0.0596. The summed E-state index contributed by atoms with van der Waals surface area (Å²) in [6, 6.07) is 10.3. The maximum atomic E-state index is 13.1. The molecule has 0 aromatic heterocycles. The van der Waals surface area contributed by atoms with Crippen molar-refractivity contribution in [3.05, 3.63) is 64.7 Å². The van der Waals surface area contributed by atoms with E-state index in [9.17, 15) is 27.6 Å². The molecule has 11 heteroatoms. The second-order valence-corrected chi connectivity index (χ2v) is 10.2. The van der Waals surface area contributed by atoms with Gasteiger partial charge in [0.2, 0.25) is 11.8 Å². The molecule has 2 heterocycles. The average molecular weight is 515 g/mol. The van der Waals surface area contributed by atoms with Crippen LogP contribution in [-0.4, -0.2) is 62.8 Å². The van der Waals surface area contributed by atoms with Gasteiger partial charge in [-0.2, -0.15) is 8.42 Å². The Kier molecular flexibility index (Phi) is 7.62. The zero-order valence-electron chi connectivity index (χ0n) is 19.7. The Balaban J connectivity index is 1.28. The molecule has 1 unspecified atom stereocenters. The number of hydrogen-bond donors (Lipinski definition) is 1. The van der Waals surface area contributed by atoms with Crippen molar-refractivity contribution in [2.45, 2.75) is 43.5 Å². The lowest BCUT2D eigenvalue weighted by molar-refractivity contribution is -0.136. The summed E-state index contributed by atoms with van der Waals surface area (Å²) in [7, 11) is -3.85. The molecule has 1 saturated heterocycles. The molecule has 10 nitrogen and oxygen atoms in total. The molecule has 190 valence electrons. The van der Waals surface area contributed by atoms with Crippen LogP contribution >= 0.6 is 0 Å².